The van der Waals surface area contributed by atoms with Gasteiger partial charge in [0, 0.05) is 12.5 Å². The van der Waals surface area contributed by atoms with Gasteiger partial charge in [0.15, 0.2) is 0 Å². The molecule has 6 heavy (non-hydrogen) atoms. The molecule has 0 saturated heterocycles. The predicted octanol–water partition coefficient (Wildman–Crippen LogP) is 0.337. The van der Waals surface area contributed by atoms with Crippen LogP contribution in [-0.4, -0.2) is 17.9 Å². The van der Waals surface area contributed by atoms with E-state index in [4.69, 9.17) is 5.11 Å². The highest BCUT2D eigenvalue weighted by atomic mass is 19.1. The number of halogens is 1. The van der Waals surface area contributed by atoms with E-state index in [2.05, 4.69) is 0 Å². The quantitative estimate of drug-likeness (QED) is 0.492. The van der Waals surface area contributed by atoms with Crippen LogP contribution in [0, 0.1) is 5.92 Å². The summed E-state index contributed by atoms with van der Waals surface area (Å²) in [4.78, 5) is 0. The van der Waals surface area contributed by atoms with Crippen LogP contribution >= 0.6 is 0 Å². The van der Waals surface area contributed by atoms with Crippen molar-refractivity contribution in [3.63, 3.8) is 0 Å². The molecule has 1 nitrogen and oxygen atoms in total. The van der Waals surface area contributed by atoms with Gasteiger partial charge in [-0.3, -0.25) is 0 Å². The van der Waals surface area contributed by atoms with Crippen molar-refractivity contribution < 1.29 is 9.50 Å². The summed E-state index contributed by atoms with van der Waals surface area (Å²) in [6.07, 6.45) is -0.105. The van der Waals surface area contributed by atoms with Gasteiger partial charge in [0.25, 0.3) is 0 Å². The van der Waals surface area contributed by atoms with Crippen molar-refractivity contribution in [2.75, 3.05) is 6.61 Å². The highest BCUT2D eigenvalue weighted by molar-refractivity contribution is 4.84. The molecule has 0 aromatic carbocycles. The lowest BCUT2D eigenvalue weighted by molar-refractivity contribution is 0.258. The lowest BCUT2D eigenvalue weighted by Gasteiger charge is -1.76. The molecule has 1 fully saturated rings. The van der Waals surface area contributed by atoms with Gasteiger partial charge in [-0.05, 0) is 6.42 Å². The van der Waals surface area contributed by atoms with Gasteiger partial charge in [-0.2, -0.15) is 0 Å². The first-order valence-corrected chi connectivity index (χ1v) is 2.09. The molecule has 2 heteroatoms. The van der Waals surface area contributed by atoms with Crippen molar-refractivity contribution in [1.29, 1.82) is 0 Å². The zero-order chi connectivity index (χ0) is 4.57. The molecule has 1 saturated carbocycles. The first-order valence-electron chi connectivity index (χ1n) is 2.09. The molecule has 2 unspecified atom stereocenters. The maximum absolute atomic E-state index is 11.6. The summed E-state index contributed by atoms with van der Waals surface area (Å²) in [7, 11) is 0. The number of hydrogen-bond acceptors (Lipinski definition) is 1. The van der Waals surface area contributed by atoms with Crippen molar-refractivity contribution in [2.24, 2.45) is 5.92 Å². The molecule has 2 atom stereocenters. The van der Waals surface area contributed by atoms with E-state index in [0.29, 0.717) is 6.42 Å². The Labute approximate surface area is 35.8 Å². The third kappa shape index (κ3) is 0.522. The minimum absolute atomic E-state index is 0.00926. The summed E-state index contributed by atoms with van der Waals surface area (Å²) in [5.41, 5.74) is 0. The number of alkyl halides is 1. The summed E-state index contributed by atoms with van der Waals surface area (Å²) in [6, 6.07) is 0. The first-order chi connectivity index (χ1) is 2.84. The van der Waals surface area contributed by atoms with E-state index < -0.39 is 6.17 Å². The SMILES string of the molecule is OCC1CC1F. The normalized spacial score (nSPS) is 43.0. The fourth-order valence-corrected chi connectivity index (χ4v) is 0.400. The van der Waals surface area contributed by atoms with Crippen molar-refractivity contribution >= 4 is 0 Å². The number of rotatable bonds is 1. The fourth-order valence-electron chi connectivity index (χ4n) is 0.400. The highest BCUT2D eigenvalue weighted by Gasteiger charge is 2.36. The standard InChI is InChI=1S/C4H7FO/c5-4-1-3(4)2-6/h3-4,6H,1-2H2. The summed E-state index contributed by atoms with van der Waals surface area (Å²) in [5, 5.41) is 8.14. The highest BCUT2D eigenvalue weighted by Crippen LogP contribution is 2.32. The van der Waals surface area contributed by atoms with E-state index in [9.17, 15) is 4.39 Å². The third-order valence-corrected chi connectivity index (χ3v) is 1.07. The number of aliphatic hydroxyl groups excluding tert-OH is 1. The Morgan fingerprint density at radius 2 is 2.33 bits per heavy atom. The van der Waals surface area contributed by atoms with Crippen LogP contribution in [0.5, 0.6) is 0 Å². The third-order valence-electron chi connectivity index (χ3n) is 1.07. The van der Waals surface area contributed by atoms with Gasteiger partial charge in [0.1, 0.15) is 6.17 Å². The van der Waals surface area contributed by atoms with Crippen LogP contribution in [0.2, 0.25) is 0 Å². The smallest absolute Gasteiger partial charge is 0.106 e. The van der Waals surface area contributed by atoms with E-state index in [0.717, 1.165) is 0 Å². The number of aliphatic hydroxyl groups is 1. The molecule has 36 valence electrons. The van der Waals surface area contributed by atoms with Crippen LogP contribution < -0.4 is 0 Å². The Hall–Kier alpha value is -0.110. The van der Waals surface area contributed by atoms with E-state index in [-0.39, 0.29) is 12.5 Å². The average molecular weight is 90.1 g/mol. The van der Waals surface area contributed by atoms with Crippen molar-refractivity contribution in [3.8, 4) is 0 Å². The van der Waals surface area contributed by atoms with Gasteiger partial charge >= 0.3 is 0 Å². The molecule has 1 aliphatic carbocycles. The van der Waals surface area contributed by atoms with Gasteiger partial charge in [-0.25, -0.2) is 4.39 Å². The lowest BCUT2D eigenvalue weighted by Crippen LogP contribution is -1.85. The molecule has 1 N–H and O–H groups in total. The van der Waals surface area contributed by atoms with Crippen molar-refractivity contribution in [2.45, 2.75) is 12.6 Å². The fraction of sp³-hybridized carbons (Fsp3) is 1.00. The van der Waals surface area contributed by atoms with Crippen LogP contribution in [0.4, 0.5) is 4.39 Å². The molecule has 1 rings (SSSR count). The predicted molar refractivity (Wildman–Crippen MR) is 20.1 cm³/mol. The summed E-state index contributed by atoms with van der Waals surface area (Å²) in [5.74, 6) is -0.00926. The van der Waals surface area contributed by atoms with Gasteiger partial charge in [-0.1, -0.05) is 0 Å². The van der Waals surface area contributed by atoms with E-state index in [1.807, 2.05) is 0 Å². The van der Waals surface area contributed by atoms with Gasteiger partial charge in [0.05, 0.1) is 0 Å². The van der Waals surface area contributed by atoms with Gasteiger partial charge < -0.3 is 5.11 Å². The molecule has 0 aromatic heterocycles. The average Bonchev–Trinajstić information content (AvgIpc) is 2.19. The molecule has 0 aromatic rings. The molecule has 0 aliphatic heterocycles. The second kappa shape index (κ2) is 1.19. The second-order valence-corrected chi connectivity index (χ2v) is 1.69. The van der Waals surface area contributed by atoms with Gasteiger partial charge in [-0.15, -0.1) is 0 Å². The molecule has 0 heterocycles. The lowest BCUT2D eigenvalue weighted by atomic mass is 10.5. The van der Waals surface area contributed by atoms with Crippen LogP contribution in [0.25, 0.3) is 0 Å². The second-order valence-electron chi connectivity index (χ2n) is 1.69. The van der Waals surface area contributed by atoms with Crippen LogP contribution in [0.3, 0.4) is 0 Å². The maximum atomic E-state index is 11.6. The Kier molecular flexibility index (Phi) is 0.804. The summed E-state index contributed by atoms with van der Waals surface area (Å²) < 4.78 is 11.6. The van der Waals surface area contributed by atoms with Crippen molar-refractivity contribution in [1.82, 2.24) is 0 Å². The van der Waals surface area contributed by atoms with Crippen molar-refractivity contribution in [3.05, 3.63) is 0 Å². The Morgan fingerprint density at radius 3 is 2.33 bits per heavy atom. The minimum atomic E-state index is -0.685. The minimum Gasteiger partial charge on any atom is -0.396 e. The van der Waals surface area contributed by atoms with Gasteiger partial charge in [0.2, 0.25) is 0 Å². The molecule has 0 radical (unpaired) electrons. The van der Waals surface area contributed by atoms with Crippen LogP contribution in [0.15, 0.2) is 0 Å². The Balaban J connectivity index is 2.09. The first kappa shape index (κ1) is 4.06. The molecule has 1 aliphatic rings. The molecule has 0 spiro atoms. The Morgan fingerprint density at radius 1 is 1.83 bits per heavy atom. The summed E-state index contributed by atoms with van der Waals surface area (Å²) >= 11 is 0. The van der Waals surface area contributed by atoms with E-state index in [1.54, 1.807) is 0 Å². The molecule has 0 amide bonds. The van der Waals surface area contributed by atoms with E-state index >= 15 is 0 Å². The van der Waals surface area contributed by atoms with Crippen LogP contribution in [-0.2, 0) is 0 Å². The largest absolute Gasteiger partial charge is 0.396 e. The maximum Gasteiger partial charge on any atom is 0.106 e. The molecular formula is C4H7FO. The summed E-state index contributed by atoms with van der Waals surface area (Å²) in [6.45, 7) is 0.0289. The van der Waals surface area contributed by atoms with Crippen LogP contribution in [0.1, 0.15) is 6.42 Å². The number of hydrogen-bond donors (Lipinski definition) is 1. The molecule has 0 bridgehead atoms. The topological polar surface area (TPSA) is 20.2 Å². The Bertz CT molecular complexity index is 53.5. The molecular weight excluding hydrogens is 83.0 g/mol. The zero-order valence-corrected chi connectivity index (χ0v) is 3.39. The zero-order valence-electron chi connectivity index (χ0n) is 3.39. The monoisotopic (exact) mass is 90.0 g/mol. The van der Waals surface area contributed by atoms with E-state index in [1.165, 1.54) is 0 Å².